The average Bonchev–Trinajstić information content (AvgIpc) is 2.62. The number of nitrogens with one attached hydrogen (secondary N) is 2. The Hall–Kier alpha value is -2.80. The van der Waals surface area contributed by atoms with Crippen LogP contribution in [0.1, 0.15) is 15.9 Å². The fourth-order valence-corrected chi connectivity index (χ4v) is 2.24. The second-order valence-electron chi connectivity index (χ2n) is 4.98. The van der Waals surface area contributed by atoms with Crippen LogP contribution in [0, 0.1) is 0 Å². The molecule has 0 spiro atoms. The van der Waals surface area contributed by atoms with E-state index in [4.69, 9.17) is 0 Å². The lowest BCUT2D eigenvalue weighted by Gasteiger charge is -2.07. The van der Waals surface area contributed by atoms with Gasteiger partial charge in [0, 0.05) is 29.0 Å². The number of anilines is 2. The third-order valence-electron chi connectivity index (χ3n) is 3.21. The first-order chi connectivity index (χ1) is 11.7. The van der Waals surface area contributed by atoms with Crippen LogP contribution in [0.25, 0.3) is 0 Å². The maximum Gasteiger partial charge on any atom is 0.256 e. The van der Waals surface area contributed by atoms with Gasteiger partial charge >= 0.3 is 0 Å². The first kappa shape index (κ1) is 16.1. The number of carbonyl (C=O) groups is 1. The summed E-state index contributed by atoms with van der Waals surface area (Å²) in [6.45, 7) is 0.604. The van der Waals surface area contributed by atoms with Crippen LogP contribution in [-0.4, -0.2) is 21.1 Å². The molecular formula is C17H14BrN5O. The maximum atomic E-state index is 12.1. The van der Waals surface area contributed by atoms with Gasteiger partial charge in [0.2, 0.25) is 0 Å². The Labute approximate surface area is 147 Å². The van der Waals surface area contributed by atoms with Crippen LogP contribution in [-0.2, 0) is 6.54 Å². The fourth-order valence-electron chi connectivity index (χ4n) is 1.98. The Bertz CT molecular complexity index is 807. The van der Waals surface area contributed by atoms with Crippen molar-refractivity contribution in [3.63, 3.8) is 0 Å². The van der Waals surface area contributed by atoms with Crippen molar-refractivity contribution in [1.29, 1.82) is 0 Å². The standard InChI is InChI=1S/C17H14BrN5O/c18-14-5-3-13(4-6-14)17(24)21-16-8-7-15(22-23-16)20-11-12-2-1-9-19-10-12/h1-10H,11H2,(H,20,22)(H,21,23,24). The van der Waals surface area contributed by atoms with E-state index in [1.54, 1.807) is 36.7 Å². The van der Waals surface area contributed by atoms with Crippen molar-refractivity contribution in [1.82, 2.24) is 15.2 Å². The average molecular weight is 384 g/mol. The van der Waals surface area contributed by atoms with Crippen molar-refractivity contribution < 1.29 is 4.79 Å². The summed E-state index contributed by atoms with van der Waals surface area (Å²) in [5.41, 5.74) is 1.60. The third-order valence-corrected chi connectivity index (χ3v) is 3.74. The Morgan fingerprint density at radius 3 is 2.42 bits per heavy atom. The molecule has 6 nitrogen and oxygen atoms in total. The number of benzene rings is 1. The predicted molar refractivity (Wildman–Crippen MR) is 95.7 cm³/mol. The number of hydrogen-bond acceptors (Lipinski definition) is 5. The lowest BCUT2D eigenvalue weighted by atomic mass is 10.2. The number of carbonyl (C=O) groups excluding carboxylic acids is 1. The monoisotopic (exact) mass is 383 g/mol. The largest absolute Gasteiger partial charge is 0.364 e. The predicted octanol–water partition coefficient (Wildman–Crippen LogP) is 3.50. The molecule has 0 bridgehead atoms. The van der Waals surface area contributed by atoms with Gasteiger partial charge in [-0.15, -0.1) is 10.2 Å². The van der Waals surface area contributed by atoms with Crippen LogP contribution in [0.3, 0.4) is 0 Å². The Morgan fingerprint density at radius 2 is 1.75 bits per heavy atom. The summed E-state index contributed by atoms with van der Waals surface area (Å²) in [6.07, 6.45) is 3.51. The second-order valence-corrected chi connectivity index (χ2v) is 5.90. The zero-order chi connectivity index (χ0) is 16.8. The highest BCUT2D eigenvalue weighted by atomic mass is 79.9. The van der Waals surface area contributed by atoms with E-state index >= 15 is 0 Å². The number of pyridine rings is 1. The van der Waals surface area contributed by atoms with Crippen molar-refractivity contribution in [2.45, 2.75) is 6.54 Å². The quantitative estimate of drug-likeness (QED) is 0.704. The molecule has 3 rings (SSSR count). The van der Waals surface area contributed by atoms with Crippen LogP contribution >= 0.6 is 15.9 Å². The highest BCUT2D eigenvalue weighted by molar-refractivity contribution is 9.10. The molecule has 0 radical (unpaired) electrons. The number of hydrogen-bond donors (Lipinski definition) is 2. The maximum absolute atomic E-state index is 12.1. The van der Waals surface area contributed by atoms with Gasteiger partial charge in [-0.1, -0.05) is 22.0 Å². The van der Waals surface area contributed by atoms with Crippen LogP contribution in [0.2, 0.25) is 0 Å². The molecular weight excluding hydrogens is 370 g/mol. The minimum Gasteiger partial charge on any atom is -0.364 e. The smallest absolute Gasteiger partial charge is 0.256 e. The topological polar surface area (TPSA) is 79.8 Å². The van der Waals surface area contributed by atoms with Crippen LogP contribution < -0.4 is 10.6 Å². The van der Waals surface area contributed by atoms with E-state index in [0.29, 0.717) is 23.7 Å². The van der Waals surface area contributed by atoms with Gasteiger partial charge in [-0.05, 0) is 48.0 Å². The molecule has 0 saturated heterocycles. The molecule has 2 aromatic heterocycles. The van der Waals surface area contributed by atoms with Crippen molar-refractivity contribution >= 4 is 33.5 Å². The molecule has 24 heavy (non-hydrogen) atoms. The fraction of sp³-hybridized carbons (Fsp3) is 0.0588. The van der Waals surface area contributed by atoms with Crippen LogP contribution in [0.5, 0.6) is 0 Å². The van der Waals surface area contributed by atoms with Gasteiger partial charge in [-0.2, -0.15) is 0 Å². The zero-order valence-electron chi connectivity index (χ0n) is 12.6. The number of halogens is 1. The molecule has 0 atom stereocenters. The molecule has 2 heterocycles. The van der Waals surface area contributed by atoms with Crippen LogP contribution in [0.15, 0.2) is 65.4 Å². The molecule has 3 aromatic rings. The molecule has 0 saturated carbocycles. The molecule has 1 aromatic carbocycles. The molecule has 2 N–H and O–H groups in total. The van der Waals surface area contributed by atoms with Gasteiger partial charge in [0.1, 0.15) is 5.82 Å². The Kier molecular flexibility index (Phi) is 5.12. The summed E-state index contributed by atoms with van der Waals surface area (Å²) in [5, 5.41) is 13.9. The van der Waals surface area contributed by atoms with Gasteiger partial charge in [0.05, 0.1) is 0 Å². The first-order valence-corrected chi connectivity index (χ1v) is 8.03. The number of aromatic nitrogens is 3. The SMILES string of the molecule is O=C(Nc1ccc(NCc2cccnc2)nn1)c1ccc(Br)cc1. The lowest BCUT2D eigenvalue weighted by Crippen LogP contribution is -2.13. The summed E-state index contributed by atoms with van der Waals surface area (Å²) in [6, 6.07) is 14.4. The highest BCUT2D eigenvalue weighted by Gasteiger charge is 2.07. The van der Waals surface area contributed by atoms with Gasteiger partial charge < -0.3 is 10.6 Å². The van der Waals surface area contributed by atoms with E-state index in [-0.39, 0.29) is 5.91 Å². The zero-order valence-corrected chi connectivity index (χ0v) is 14.2. The van der Waals surface area contributed by atoms with Crippen molar-refractivity contribution in [3.05, 3.63) is 76.5 Å². The molecule has 120 valence electrons. The highest BCUT2D eigenvalue weighted by Crippen LogP contribution is 2.13. The third kappa shape index (κ3) is 4.36. The van der Waals surface area contributed by atoms with Gasteiger partial charge in [-0.3, -0.25) is 9.78 Å². The minimum atomic E-state index is -0.229. The van der Waals surface area contributed by atoms with E-state index in [1.807, 2.05) is 24.3 Å². The second kappa shape index (κ2) is 7.65. The van der Waals surface area contributed by atoms with Gasteiger partial charge in [0.15, 0.2) is 5.82 Å². The van der Waals surface area contributed by atoms with E-state index in [9.17, 15) is 4.79 Å². The van der Waals surface area contributed by atoms with Crippen molar-refractivity contribution in [2.75, 3.05) is 10.6 Å². The van der Waals surface area contributed by atoms with Crippen molar-refractivity contribution in [3.8, 4) is 0 Å². The summed E-state index contributed by atoms with van der Waals surface area (Å²) < 4.78 is 0.919. The Balaban J connectivity index is 1.58. The summed E-state index contributed by atoms with van der Waals surface area (Å²) in [4.78, 5) is 16.2. The summed E-state index contributed by atoms with van der Waals surface area (Å²) in [7, 11) is 0. The number of rotatable bonds is 5. The molecule has 0 fully saturated rings. The van der Waals surface area contributed by atoms with E-state index in [0.717, 1.165) is 10.0 Å². The molecule has 1 amide bonds. The lowest BCUT2D eigenvalue weighted by molar-refractivity contribution is 0.102. The van der Waals surface area contributed by atoms with Gasteiger partial charge in [-0.25, -0.2) is 0 Å². The van der Waals surface area contributed by atoms with Gasteiger partial charge in [0.25, 0.3) is 5.91 Å². The molecule has 7 heteroatoms. The molecule has 0 unspecified atom stereocenters. The molecule has 0 aliphatic carbocycles. The summed E-state index contributed by atoms with van der Waals surface area (Å²) in [5.74, 6) is 0.795. The minimum absolute atomic E-state index is 0.229. The van der Waals surface area contributed by atoms with E-state index in [2.05, 4.69) is 41.7 Å². The Morgan fingerprint density at radius 1 is 1.00 bits per heavy atom. The van der Waals surface area contributed by atoms with Crippen molar-refractivity contribution in [2.24, 2.45) is 0 Å². The number of amides is 1. The summed E-state index contributed by atoms with van der Waals surface area (Å²) >= 11 is 3.34. The van der Waals surface area contributed by atoms with E-state index < -0.39 is 0 Å². The first-order valence-electron chi connectivity index (χ1n) is 7.24. The van der Waals surface area contributed by atoms with E-state index in [1.165, 1.54) is 0 Å². The van der Waals surface area contributed by atoms with Crippen LogP contribution in [0.4, 0.5) is 11.6 Å². The molecule has 0 aliphatic rings. The number of nitrogens with zero attached hydrogens (tertiary/aromatic N) is 3. The molecule has 0 aliphatic heterocycles. The normalized spacial score (nSPS) is 10.2.